The van der Waals surface area contributed by atoms with Crippen molar-refractivity contribution in [3.8, 4) is 0 Å². The molecule has 0 bridgehead atoms. The number of hydrogen-bond donors (Lipinski definition) is 3. The van der Waals surface area contributed by atoms with Gasteiger partial charge in [0, 0.05) is 6.54 Å². The summed E-state index contributed by atoms with van der Waals surface area (Å²) in [6.45, 7) is 1.47. The first kappa shape index (κ1) is 7.54. The van der Waals surface area contributed by atoms with Gasteiger partial charge in [-0.3, -0.25) is 10.1 Å². The van der Waals surface area contributed by atoms with Crippen molar-refractivity contribution in [2.75, 3.05) is 13.1 Å². The van der Waals surface area contributed by atoms with Crippen LogP contribution in [-0.2, 0) is 4.79 Å². The van der Waals surface area contributed by atoms with Gasteiger partial charge >= 0.3 is 6.03 Å². The van der Waals surface area contributed by atoms with E-state index >= 15 is 0 Å². The molecule has 0 aromatic rings. The molecule has 2 heterocycles. The van der Waals surface area contributed by atoms with Crippen LogP contribution in [0.1, 0.15) is 12.8 Å². The van der Waals surface area contributed by atoms with Gasteiger partial charge < -0.3 is 10.6 Å². The molecule has 1 unspecified atom stereocenters. The highest BCUT2D eigenvalue weighted by atomic mass is 16.2. The van der Waals surface area contributed by atoms with Gasteiger partial charge in [0.2, 0.25) is 0 Å². The lowest BCUT2D eigenvalue weighted by Gasteiger charge is -2.30. The third kappa shape index (κ3) is 0.972. The minimum atomic E-state index is -0.657. The van der Waals surface area contributed by atoms with Gasteiger partial charge in [0.1, 0.15) is 5.54 Å². The van der Waals surface area contributed by atoms with E-state index in [-0.39, 0.29) is 11.9 Å². The van der Waals surface area contributed by atoms with Crippen LogP contribution in [0.2, 0.25) is 0 Å². The number of rotatable bonds is 0. The Morgan fingerprint density at radius 3 is 2.67 bits per heavy atom. The van der Waals surface area contributed by atoms with Crippen molar-refractivity contribution >= 4 is 11.9 Å². The lowest BCUT2D eigenvalue weighted by Crippen LogP contribution is -2.57. The minimum absolute atomic E-state index is 0.195. The van der Waals surface area contributed by atoms with Crippen LogP contribution in [0.4, 0.5) is 4.79 Å². The topological polar surface area (TPSA) is 70.2 Å². The molecule has 2 aliphatic heterocycles. The summed E-state index contributed by atoms with van der Waals surface area (Å²) in [6.07, 6.45) is 1.66. The van der Waals surface area contributed by atoms with Crippen molar-refractivity contribution in [3.05, 3.63) is 0 Å². The third-order valence-corrected chi connectivity index (χ3v) is 2.40. The molecule has 0 aromatic heterocycles. The average Bonchev–Trinajstić information content (AvgIpc) is 2.29. The van der Waals surface area contributed by atoms with Crippen LogP contribution < -0.4 is 16.0 Å². The highest BCUT2D eigenvalue weighted by Gasteiger charge is 2.46. The first-order valence-electron chi connectivity index (χ1n) is 4.07. The molecule has 5 heteroatoms. The first-order chi connectivity index (χ1) is 5.73. The smallest absolute Gasteiger partial charge is 0.322 e. The molecule has 2 rings (SSSR count). The Balaban J connectivity index is 2.18. The summed E-state index contributed by atoms with van der Waals surface area (Å²) in [5.74, 6) is -0.195. The average molecular weight is 169 g/mol. The van der Waals surface area contributed by atoms with E-state index in [0.29, 0.717) is 6.54 Å². The first-order valence-corrected chi connectivity index (χ1v) is 4.07. The maximum absolute atomic E-state index is 11.3. The van der Waals surface area contributed by atoms with Gasteiger partial charge in [0.25, 0.3) is 5.91 Å². The molecule has 1 spiro atoms. The quantitative estimate of drug-likeness (QED) is 0.405. The van der Waals surface area contributed by atoms with Crippen LogP contribution >= 0.6 is 0 Å². The summed E-state index contributed by atoms with van der Waals surface area (Å²) in [5.41, 5.74) is -0.657. The molecule has 66 valence electrons. The largest absolute Gasteiger partial charge is 0.322 e. The molecule has 2 saturated heterocycles. The van der Waals surface area contributed by atoms with E-state index in [1.165, 1.54) is 0 Å². The van der Waals surface area contributed by atoms with E-state index in [1.54, 1.807) is 0 Å². The Labute approximate surface area is 69.9 Å². The zero-order chi connectivity index (χ0) is 8.60. The second kappa shape index (κ2) is 2.45. The molecule has 2 aliphatic rings. The Kier molecular flexibility index (Phi) is 1.54. The fourth-order valence-corrected chi connectivity index (χ4v) is 1.73. The summed E-state index contributed by atoms with van der Waals surface area (Å²) >= 11 is 0. The second-order valence-corrected chi connectivity index (χ2v) is 3.27. The van der Waals surface area contributed by atoms with E-state index in [0.717, 1.165) is 19.4 Å². The molecule has 3 amide bonds. The van der Waals surface area contributed by atoms with Gasteiger partial charge in [0.15, 0.2) is 0 Å². The van der Waals surface area contributed by atoms with E-state index in [4.69, 9.17) is 0 Å². The fraction of sp³-hybridized carbons (Fsp3) is 0.714. The van der Waals surface area contributed by atoms with E-state index in [9.17, 15) is 9.59 Å². The standard InChI is InChI=1S/C7H11N3O2/c11-5-7(10-6(12)9-5)2-1-3-8-4-7/h8H,1-4H2,(H2,9,10,11,12). The highest BCUT2D eigenvalue weighted by Crippen LogP contribution is 2.19. The van der Waals surface area contributed by atoms with Crippen molar-refractivity contribution in [1.82, 2.24) is 16.0 Å². The van der Waals surface area contributed by atoms with Crippen molar-refractivity contribution in [2.24, 2.45) is 0 Å². The Morgan fingerprint density at radius 1 is 1.33 bits per heavy atom. The van der Waals surface area contributed by atoms with Crippen LogP contribution in [0.15, 0.2) is 0 Å². The van der Waals surface area contributed by atoms with Crippen LogP contribution in [-0.4, -0.2) is 30.6 Å². The molecule has 0 saturated carbocycles. The van der Waals surface area contributed by atoms with E-state index in [2.05, 4.69) is 16.0 Å². The fourth-order valence-electron chi connectivity index (χ4n) is 1.73. The van der Waals surface area contributed by atoms with E-state index in [1.807, 2.05) is 0 Å². The molecule has 0 aliphatic carbocycles. The summed E-state index contributed by atoms with van der Waals surface area (Å²) < 4.78 is 0. The lowest BCUT2D eigenvalue weighted by atomic mass is 9.91. The number of urea groups is 1. The number of piperidine rings is 1. The SMILES string of the molecule is O=C1NC(=O)C2(CCCNC2)N1. The number of hydrogen-bond acceptors (Lipinski definition) is 3. The monoisotopic (exact) mass is 169 g/mol. The number of nitrogens with one attached hydrogen (secondary N) is 3. The Morgan fingerprint density at radius 2 is 2.17 bits per heavy atom. The zero-order valence-electron chi connectivity index (χ0n) is 6.64. The minimum Gasteiger partial charge on any atom is -0.322 e. The second-order valence-electron chi connectivity index (χ2n) is 3.27. The van der Waals surface area contributed by atoms with E-state index < -0.39 is 5.54 Å². The van der Waals surface area contributed by atoms with Crippen molar-refractivity contribution in [3.63, 3.8) is 0 Å². The zero-order valence-corrected chi connectivity index (χ0v) is 6.64. The molecule has 1 atom stereocenters. The summed E-state index contributed by atoms with van der Waals surface area (Å²) in [6, 6.07) is -0.372. The van der Waals surface area contributed by atoms with Crippen LogP contribution in [0.3, 0.4) is 0 Å². The summed E-state index contributed by atoms with van der Waals surface area (Å²) in [5, 5.41) is 8.00. The molecule has 0 radical (unpaired) electrons. The van der Waals surface area contributed by atoms with Gasteiger partial charge in [-0.05, 0) is 19.4 Å². The molecule has 2 fully saturated rings. The Hall–Kier alpha value is -1.10. The van der Waals surface area contributed by atoms with Gasteiger partial charge in [-0.2, -0.15) is 0 Å². The number of amides is 3. The number of imide groups is 1. The molecule has 5 nitrogen and oxygen atoms in total. The maximum atomic E-state index is 11.3. The van der Waals surface area contributed by atoms with Crippen molar-refractivity contribution in [2.45, 2.75) is 18.4 Å². The molecule has 0 aromatic carbocycles. The van der Waals surface area contributed by atoms with Gasteiger partial charge in [-0.15, -0.1) is 0 Å². The van der Waals surface area contributed by atoms with Gasteiger partial charge in [0.05, 0.1) is 0 Å². The third-order valence-electron chi connectivity index (χ3n) is 2.40. The summed E-state index contributed by atoms with van der Waals surface area (Å²) in [4.78, 5) is 22.2. The normalized spacial score (nSPS) is 35.0. The maximum Gasteiger partial charge on any atom is 0.322 e. The summed E-state index contributed by atoms with van der Waals surface area (Å²) in [7, 11) is 0. The lowest BCUT2D eigenvalue weighted by molar-refractivity contribution is -0.124. The van der Waals surface area contributed by atoms with Crippen LogP contribution in [0, 0.1) is 0 Å². The molecule has 12 heavy (non-hydrogen) atoms. The predicted octanol–water partition coefficient (Wildman–Crippen LogP) is -1.05. The van der Waals surface area contributed by atoms with Gasteiger partial charge in [-0.25, -0.2) is 4.79 Å². The van der Waals surface area contributed by atoms with Crippen LogP contribution in [0.25, 0.3) is 0 Å². The van der Waals surface area contributed by atoms with Gasteiger partial charge in [-0.1, -0.05) is 0 Å². The van der Waals surface area contributed by atoms with Crippen molar-refractivity contribution < 1.29 is 9.59 Å². The van der Waals surface area contributed by atoms with Crippen molar-refractivity contribution in [1.29, 1.82) is 0 Å². The Bertz CT molecular complexity index is 233. The molecule has 3 N–H and O–H groups in total. The van der Waals surface area contributed by atoms with Crippen LogP contribution in [0.5, 0.6) is 0 Å². The number of carbonyl (C=O) groups excluding carboxylic acids is 2. The number of carbonyl (C=O) groups is 2. The molecular weight excluding hydrogens is 158 g/mol. The highest BCUT2D eigenvalue weighted by molar-refractivity contribution is 6.07. The molecular formula is C7H11N3O2. The predicted molar refractivity (Wildman–Crippen MR) is 41.5 cm³/mol.